The van der Waals surface area contributed by atoms with Crippen molar-refractivity contribution in [2.24, 2.45) is 0 Å². The topological polar surface area (TPSA) is 33.1 Å². The van der Waals surface area contributed by atoms with Gasteiger partial charge < -0.3 is 5.11 Å². The highest BCUT2D eigenvalue weighted by Gasteiger charge is 1.97. The van der Waals surface area contributed by atoms with Crippen LogP contribution in [-0.4, -0.2) is 10.1 Å². The molecular weight excluding hydrogens is 194 g/mol. The molecule has 1 aromatic rings. The Kier molecular flexibility index (Phi) is 2.27. The Balaban J connectivity index is 3.09. The van der Waals surface area contributed by atoms with Crippen molar-refractivity contribution in [3.05, 3.63) is 22.3 Å². The van der Waals surface area contributed by atoms with Gasteiger partial charge in [0.2, 0.25) is 5.88 Å². The zero-order valence-electron chi connectivity index (χ0n) is 5.63. The van der Waals surface area contributed by atoms with E-state index in [0.29, 0.717) is 0 Å². The lowest BCUT2D eigenvalue weighted by atomic mass is 10.2. The van der Waals surface area contributed by atoms with Crippen LogP contribution in [-0.2, 0) is 6.42 Å². The molecule has 0 atom stereocenters. The van der Waals surface area contributed by atoms with Gasteiger partial charge in [0.25, 0.3) is 0 Å². The highest BCUT2D eigenvalue weighted by Crippen LogP contribution is 2.18. The van der Waals surface area contributed by atoms with Crippen molar-refractivity contribution in [2.75, 3.05) is 0 Å². The molecule has 0 aliphatic carbocycles. The molecular formula is C7H8BrNO. The maximum atomic E-state index is 8.94. The molecule has 1 rings (SSSR count). The Hall–Kier alpha value is -0.570. The van der Waals surface area contributed by atoms with Crippen LogP contribution in [0.2, 0.25) is 0 Å². The first-order valence-electron chi connectivity index (χ1n) is 3.07. The zero-order chi connectivity index (χ0) is 7.56. The van der Waals surface area contributed by atoms with Gasteiger partial charge in [0, 0.05) is 16.7 Å². The summed E-state index contributed by atoms with van der Waals surface area (Å²) in [6, 6.07) is 1.66. The quantitative estimate of drug-likeness (QED) is 0.756. The van der Waals surface area contributed by atoms with Gasteiger partial charge in [-0.15, -0.1) is 0 Å². The van der Waals surface area contributed by atoms with Crippen molar-refractivity contribution in [2.45, 2.75) is 13.3 Å². The summed E-state index contributed by atoms with van der Waals surface area (Å²) in [6.45, 7) is 2.03. The number of aryl methyl sites for hydroxylation is 1. The van der Waals surface area contributed by atoms with E-state index in [-0.39, 0.29) is 5.88 Å². The second kappa shape index (κ2) is 3.01. The molecule has 0 aliphatic heterocycles. The van der Waals surface area contributed by atoms with Crippen molar-refractivity contribution in [3.63, 3.8) is 0 Å². The Labute approximate surface area is 68.0 Å². The van der Waals surface area contributed by atoms with Crippen LogP contribution in [0.25, 0.3) is 0 Å². The van der Waals surface area contributed by atoms with Gasteiger partial charge in [0.15, 0.2) is 0 Å². The Morgan fingerprint density at radius 2 is 2.40 bits per heavy atom. The molecule has 0 unspecified atom stereocenters. The standard InChI is InChI=1S/C7H8BrNO/c1-2-5-3-7(10)9-4-6(5)8/h3-4H,2H2,1H3,(H,9,10). The number of rotatable bonds is 1. The average molecular weight is 202 g/mol. The number of aromatic hydroxyl groups is 1. The minimum absolute atomic E-state index is 0.0834. The Morgan fingerprint density at radius 3 is 2.90 bits per heavy atom. The summed E-state index contributed by atoms with van der Waals surface area (Å²) in [4.78, 5) is 3.70. The van der Waals surface area contributed by atoms with Crippen molar-refractivity contribution in [3.8, 4) is 5.88 Å². The van der Waals surface area contributed by atoms with Crippen LogP contribution in [0.1, 0.15) is 12.5 Å². The molecule has 0 aromatic carbocycles. The van der Waals surface area contributed by atoms with E-state index in [1.807, 2.05) is 6.92 Å². The van der Waals surface area contributed by atoms with E-state index in [4.69, 9.17) is 5.11 Å². The molecule has 0 fully saturated rings. The third kappa shape index (κ3) is 1.48. The van der Waals surface area contributed by atoms with Gasteiger partial charge in [0.1, 0.15) is 0 Å². The van der Waals surface area contributed by atoms with Crippen molar-refractivity contribution < 1.29 is 5.11 Å². The maximum absolute atomic E-state index is 8.94. The first-order chi connectivity index (χ1) is 4.74. The van der Waals surface area contributed by atoms with E-state index in [1.54, 1.807) is 12.3 Å². The van der Waals surface area contributed by atoms with E-state index < -0.39 is 0 Å². The molecule has 1 N–H and O–H groups in total. The molecule has 0 saturated carbocycles. The summed E-state index contributed by atoms with van der Waals surface area (Å²) >= 11 is 3.32. The molecule has 0 bridgehead atoms. The lowest BCUT2D eigenvalue weighted by Gasteiger charge is -1.98. The Morgan fingerprint density at radius 1 is 1.70 bits per heavy atom. The van der Waals surface area contributed by atoms with Gasteiger partial charge in [-0.05, 0) is 27.9 Å². The van der Waals surface area contributed by atoms with Crippen LogP contribution in [0.4, 0.5) is 0 Å². The first kappa shape index (κ1) is 7.54. The van der Waals surface area contributed by atoms with Gasteiger partial charge in [0.05, 0.1) is 0 Å². The fourth-order valence-corrected chi connectivity index (χ4v) is 1.24. The third-order valence-corrected chi connectivity index (χ3v) is 2.02. The highest BCUT2D eigenvalue weighted by molar-refractivity contribution is 9.10. The summed E-state index contributed by atoms with van der Waals surface area (Å²) in [6.07, 6.45) is 2.50. The minimum Gasteiger partial charge on any atom is -0.493 e. The normalized spacial score (nSPS) is 9.80. The number of halogens is 1. The predicted octanol–water partition coefficient (Wildman–Crippen LogP) is 2.11. The third-order valence-electron chi connectivity index (χ3n) is 1.30. The van der Waals surface area contributed by atoms with E-state index in [2.05, 4.69) is 20.9 Å². The van der Waals surface area contributed by atoms with E-state index in [1.165, 1.54) is 0 Å². The lowest BCUT2D eigenvalue weighted by molar-refractivity contribution is 0.452. The zero-order valence-corrected chi connectivity index (χ0v) is 7.22. The van der Waals surface area contributed by atoms with Crippen molar-refractivity contribution >= 4 is 15.9 Å². The number of hydrogen-bond donors (Lipinski definition) is 1. The molecule has 10 heavy (non-hydrogen) atoms. The molecule has 0 aliphatic rings. The molecule has 0 amide bonds. The summed E-state index contributed by atoms with van der Waals surface area (Å²) in [5.74, 6) is 0.0834. The molecule has 54 valence electrons. The van der Waals surface area contributed by atoms with Crippen LogP contribution in [0, 0.1) is 0 Å². The van der Waals surface area contributed by atoms with Crippen LogP contribution in [0.15, 0.2) is 16.7 Å². The van der Waals surface area contributed by atoms with Gasteiger partial charge in [-0.1, -0.05) is 6.92 Å². The summed E-state index contributed by atoms with van der Waals surface area (Å²) < 4.78 is 0.952. The number of aromatic nitrogens is 1. The summed E-state index contributed by atoms with van der Waals surface area (Å²) in [7, 11) is 0. The van der Waals surface area contributed by atoms with Gasteiger partial charge >= 0.3 is 0 Å². The highest BCUT2D eigenvalue weighted by atomic mass is 79.9. The Bertz CT molecular complexity index is 237. The first-order valence-corrected chi connectivity index (χ1v) is 3.86. The second-order valence-electron chi connectivity index (χ2n) is 1.99. The molecule has 0 saturated heterocycles. The van der Waals surface area contributed by atoms with Crippen molar-refractivity contribution in [1.29, 1.82) is 0 Å². The van der Waals surface area contributed by atoms with Crippen LogP contribution in [0.3, 0.4) is 0 Å². The summed E-state index contributed by atoms with van der Waals surface area (Å²) in [5, 5.41) is 8.94. The molecule has 3 heteroatoms. The minimum atomic E-state index is 0.0834. The second-order valence-corrected chi connectivity index (χ2v) is 2.84. The lowest BCUT2D eigenvalue weighted by Crippen LogP contribution is -1.83. The van der Waals surface area contributed by atoms with Gasteiger partial charge in [-0.2, -0.15) is 0 Å². The van der Waals surface area contributed by atoms with E-state index >= 15 is 0 Å². The van der Waals surface area contributed by atoms with Crippen molar-refractivity contribution in [1.82, 2.24) is 4.98 Å². The van der Waals surface area contributed by atoms with Crippen LogP contribution >= 0.6 is 15.9 Å². The number of hydrogen-bond acceptors (Lipinski definition) is 2. The van der Waals surface area contributed by atoms with Gasteiger partial charge in [-0.3, -0.25) is 0 Å². The largest absolute Gasteiger partial charge is 0.493 e. The average Bonchev–Trinajstić information content (AvgIpc) is 1.94. The monoisotopic (exact) mass is 201 g/mol. The number of pyridine rings is 1. The van der Waals surface area contributed by atoms with Crippen LogP contribution < -0.4 is 0 Å². The fourth-order valence-electron chi connectivity index (χ4n) is 0.739. The number of nitrogens with zero attached hydrogens (tertiary/aromatic N) is 1. The molecule has 1 heterocycles. The predicted molar refractivity (Wildman–Crippen MR) is 43.0 cm³/mol. The maximum Gasteiger partial charge on any atom is 0.211 e. The van der Waals surface area contributed by atoms with E-state index in [9.17, 15) is 0 Å². The molecule has 0 radical (unpaired) electrons. The smallest absolute Gasteiger partial charge is 0.211 e. The van der Waals surface area contributed by atoms with E-state index in [0.717, 1.165) is 16.5 Å². The SMILES string of the molecule is CCc1cc(O)ncc1Br. The van der Waals surface area contributed by atoms with Gasteiger partial charge in [-0.25, -0.2) is 4.98 Å². The fraction of sp³-hybridized carbons (Fsp3) is 0.286. The molecule has 1 aromatic heterocycles. The van der Waals surface area contributed by atoms with Crippen LogP contribution in [0.5, 0.6) is 5.88 Å². The summed E-state index contributed by atoms with van der Waals surface area (Å²) in [5.41, 5.74) is 1.08. The molecule has 2 nitrogen and oxygen atoms in total. The molecule has 0 spiro atoms.